The molecule has 0 unspecified atom stereocenters. The average molecular weight is 151 g/mol. The molecule has 0 aliphatic heterocycles. The summed E-state index contributed by atoms with van der Waals surface area (Å²) in [7, 11) is 0. The Morgan fingerprint density at radius 3 is 2.82 bits per heavy atom. The fourth-order valence-corrected chi connectivity index (χ4v) is 0.921. The van der Waals surface area contributed by atoms with Crippen molar-refractivity contribution in [2.75, 3.05) is 12.3 Å². The Balaban J connectivity index is 2.56. The first-order chi connectivity index (χ1) is 5.33. The summed E-state index contributed by atoms with van der Waals surface area (Å²) < 4.78 is 0. The van der Waals surface area contributed by atoms with Gasteiger partial charge in [-0.1, -0.05) is 6.07 Å². The van der Waals surface area contributed by atoms with Crippen LogP contribution in [0.4, 0.5) is 5.82 Å². The van der Waals surface area contributed by atoms with Gasteiger partial charge in [-0.05, 0) is 31.5 Å². The molecule has 0 atom stereocenters. The highest BCUT2D eigenvalue weighted by Crippen LogP contribution is 2.02. The minimum absolute atomic E-state index is 0.583. The molecule has 0 radical (unpaired) electrons. The number of nitrogens with zero attached hydrogens (tertiary/aromatic N) is 1. The number of pyridine rings is 1. The molecule has 1 heterocycles. The summed E-state index contributed by atoms with van der Waals surface area (Å²) in [6.45, 7) is 0.705. The SMILES string of the molecule is NCCCc1cccc(N)n1. The predicted octanol–water partition coefficient (Wildman–Crippen LogP) is 0.555. The van der Waals surface area contributed by atoms with Crippen LogP contribution in [0, 0.1) is 0 Å². The highest BCUT2D eigenvalue weighted by Gasteiger charge is 1.92. The predicted molar refractivity (Wildman–Crippen MR) is 46.0 cm³/mol. The van der Waals surface area contributed by atoms with Crippen LogP contribution in [0.25, 0.3) is 0 Å². The Hall–Kier alpha value is -1.09. The van der Waals surface area contributed by atoms with Crippen molar-refractivity contribution in [2.24, 2.45) is 5.73 Å². The van der Waals surface area contributed by atoms with Gasteiger partial charge >= 0.3 is 0 Å². The van der Waals surface area contributed by atoms with Crippen LogP contribution in [0.1, 0.15) is 12.1 Å². The van der Waals surface area contributed by atoms with E-state index >= 15 is 0 Å². The number of hydrogen-bond donors (Lipinski definition) is 2. The number of aryl methyl sites for hydroxylation is 1. The van der Waals surface area contributed by atoms with Crippen LogP contribution in [-0.4, -0.2) is 11.5 Å². The molecule has 3 heteroatoms. The molecule has 3 nitrogen and oxygen atoms in total. The summed E-state index contributed by atoms with van der Waals surface area (Å²) in [5.41, 5.74) is 11.9. The van der Waals surface area contributed by atoms with Gasteiger partial charge in [-0.2, -0.15) is 0 Å². The molecule has 0 bridgehead atoms. The monoisotopic (exact) mass is 151 g/mol. The molecular weight excluding hydrogens is 138 g/mol. The zero-order chi connectivity index (χ0) is 8.10. The van der Waals surface area contributed by atoms with Crippen LogP contribution in [-0.2, 0) is 6.42 Å². The van der Waals surface area contributed by atoms with Crippen LogP contribution in [0.2, 0.25) is 0 Å². The first kappa shape index (κ1) is 8.01. The molecule has 0 spiro atoms. The van der Waals surface area contributed by atoms with Gasteiger partial charge < -0.3 is 11.5 Å². The Morgan fingerprint density at radius 1 is 1.36 bits per heavy atom. The molecular formula is C8H13N3. The summed E-state index contributed by atoms with van der Waals surface area (Å²) in [4.78, 5) is 4.13. The van der Waals surface area contributed by atoms with Crippen LogP contribution in [0.3, 0.4) is 0 Å². The van der Waals surface area contributed by atoms with Crippen LogP contribution in [0.15, 0.2) is 18.2 Å². The lowest BCUT2D eigenvalue weighted by molar-refractivity contribution is 0.812. The zero-order valence-corrected chi connectivity index (χ0v) is 6.46. The van der Waals surface area contributed by atoms with Crippen molar-refractivity contribution in [3.8, 4) is 0 Å². The number of aromatic nitrogens is 1. The van der Waals surface area contributed by atoms with Crippen LogP contribution in [0.5, 0.6) is 0 Å². The number of anilines is 1. The maximum Gasteiger partial charge on any atom is 0.123 e. The lowest BCUT2D eigenvalue weighted by Crippen LogP contribution is -2.02. The molecule has 1 rings (SSSR count). The first-order valence-electron chi connectivity index (χ1n) is 3.74. The van der Waals surface area contributed by atoms with Gasteiger partial charge in [0.25, 0.3) is 0 Å². The normalized spacial score (nSPS) is 9.91. The number of hydrogen-bond acceptors (Lipinski definition) is 3. The van der Waals surface area contributed by atoms with Gasteiger partial charge in [-0.3, -0.25) is 0 Å². The standard InChI is InChI=1S/C8H13N3/c9-6-2-4-7-3-1-5-8(10)11-7/h1,3,5H,2,4,6,9H2,(H2,10,11). The second kappa shape index (κ2) is 3.93. The van der Waals surface area contributed by atoms with Gasteiger partial charge in [0.05, 0.1) is 0 Å². The van der Waals surface area contributed by atoms with E-state index in [1.54, 1.807) is 6.07 Å². The van der Waals surface area contributed by atoms with E-state index in [-0.39, 0.29) is 0 Å². The molecule has 11 heavy (non-hydrogen) atoms. The Morgan fingerprint density at radius 2 is 2.18 bits per heavy atom. The van der Waals surface area contributed by atoms with E-state index in [0.29, 0.717) is 12.4 Å². The maximum atomic E-state index is 5.49. The van der Waals surface area contributed by atoms with Crippen molar-refractivity contribution in [1.29, 1.82) is 0 Å². The van der Waals surface area contributed by atoms with Gasteiger partial charge in [0.15, 0.2) is 0 Å². The Bertz CT molecular complexity index is 222. The van der Waals surface area contributed by atoms with Gasteiger partial charge in [0, 0.05) is 5.69 Å². The molecule has 0 aliphatic carbocycles. The van der Waals surface area contributed by atoms with E-state index < -0.39 is 0 Å². The molecule has 0 aliphatic rings. The lowest BCUT2D eigenvalue weighted by Gasteiger charge is -1.98. The highest BCUT2D eigenvalue weighted by molar-refractivity contribution is 5.28. The minimum atomic E-state index is 0.583. The van der Waals surface area contributed by atoms with Crippen molar-refractivity contribution >= 4 is 5.82 Å². The third kappa shape index (κ3) is 2.55. The molecule has 0 aromatic carbocycles. The summed E-state index contributed by atoms with van der Waals surface area (Å²) in [5.74, 6) is 0.583. The summed E-state index contributed by atoms with van der Waals surface area (Å²) >= 11 is 0. The topological polar surface area (TPSA) is 64.9 Å². The molecule has 1 aromatic heterocycles. The van der Waals surface area contributed by atoms with Gasteiger partial charge in [-0.15, -0.1) is 0 Å². The summed E-state index contributed by atoms with van der Waals surface area (Å²) in [6, 6.07) is 5.66. The average Bonchev–Trinajstić information content (AvgIpc) is 2.01. The lowest BCUT2D eigenvalue weighted by atomic mass is 10.2. The molecule has 0 saturated carbocycles. The zero-order valence-electron chi connectivity index (χ0n) is 6.46. The number of nitrogen functional groups attached to an aromatic ring is 1. The van der Waals surface area contributed by atoms with Crippen molar-refractivity contribution < 1.29 is 0 Å². The highest BCUT2D eigenvalue weighted by atomic mass is 14.8. The van der Waals surface area contributed by atoms with E-state index in [4.69, 9.17) is 11.5 Å². The van der Waals surface area contributed by atoms with E-state index in [2.05, 4.69) is 4.98 Å². The van der Waals surface area contributed by atoms with E-state index in [1.807, 2.05) is 12.1 Å². The number of nitrogens with two attached hydrogens (primary N) is 2. The second-order valence-corrected chi connectivity index (χ2v) is 2.45. The van der Waals surface area contributed by atoms with Crippen molar-refractivity contribution in [3.63, 3.8) is 0 Å². The molecule has 0 fully saturated rings. The van der Waals surface area contributed by atoms with E-state index in [9.17, 15) is 0 Å². The minimum Gasteiger partial charge on any atom is -0.384 e. The second-order valence-electron chi connectivity index (χ2n) is 2.45. The maximum absolute atomic E-state index is 5.49. The molecule has 60 valence electrons. The molecule has 4 N–H and O–H groups in total. The van der Waals surface area contributed by atoms with Crippen LogP contribution >= 0.6 is 0 Å². The molecule has 0 saturated heterocycles. The number of rotatable bonds is 3. The fourth-order valence-electron chi connectivity index (χ4n) is 0.921. The first-order valence-corrected chi connectivity index (χ1v) is 3.74. The van der Waals surface area contributed by atoms with E-state index in [1.165, 1.54) is 0 Å². The van der Waals surface area contributed by atoms with Crippen molar-refractivity contribution in [3.05, 3.63) is 23.9 Å². The van der Waals surface area contributed by atoms with Crippen molar-refractivity contribution in [2.45, 2.75) is 12.8 Å². The van der Waals surface area contributed by atoms with Crippen molar-refractivity contribution in [1.82, 2.24) is 4.98 Å². The largest absolute Gasteiger partial charge is 0.384 e. The third-order valence-corrected chi connectivity index (χ3v) is 1.47. The fraction of sp³-hybridized carbons (Fsp3) is 0.375. The van der Waals surface area contributed by atoms with Gasteiger partial charge in [0.2, 0.25) is 0 Å². The molecule has 0 amide bonds. The summed E-state index contributed by atoms with van der Waals surface area (Å²) in [6.07, 6.45) is 1.89. The van der Waals surface area contributed by atoms with Gasteiger partial charge in [0.1, 0.15) is 5.82 Å². The van der Waals surface area contributed by atoms with E-state index in [0.717, 1.165) is 18.5 Å². The Labute approximate surface area is 66.4 Å². The molecule has 1 aromatic rings. The third-order valence-electron chi connectivity index (χ3n) is 1.47. The quantitative estimate of drug-likeness (QED) is 0.663. The van der Waals surface area contributed by atoms with Crippen LogP contribution < -0.4 is 11.5 Å². The van der Waals surface area contributed by atoms with Gasteiger partial charge in [-0.25, -0.2) is 4.98 Å². The smallest absolute Gasteiger partial charge is 0.123 e. The Kier molecular flexibility index (Phi) is 2.86. The summed E-state index contributed by atoms with van der Waals surface area (Å²) in [5, 5.41) is 0.